The first-order valence-electron chi connectivity index (χ1n) is 10.3. The molecule has 3 aromatic rings. The summed E-state index contributed by atoms with van der Waals surface area (Å²) in [5.74, 6) is 2.42. The smallest absolute Gasteiger partial charge is 0.229 e. The van der Waals surface area contributed by atoms with E-state index < -0.39 is 0 Å². The third-order valence-corrected chi connectivity index (χ3v) is 6.03. The van der Waals surface area contributed by atoms with Crippen molar-refractivity contribution in [3.63, 3.8) is 0 Å². The van der Waals surface area contributed by atoms with Gasteiger partial charge in [-0.25, -0.2) is 4.68 Å². The molecule has 0 radical (unpaired) electrons. The van der Waals surface area contributed by atoms with Crippen LogP contribution in [0, 0.1) is 12.8 Å². The number of aromatic nitrogens is 2. The van der Waals surface area contributed by atoms with Crippen LogP contribution in [-0.4, -0.2) is 22.8 Å². The van der Waals surface area contributed by atoms with Crippen molar-refractivity contribution < 1.29 is 9.53 Å². The summed E-state index contributed by atoms with van der Waals surface area (Å²) in [5.41, 5.74) is 4.28. The Morgan fingerprint density at radius 1 is 1.10 bits per heavy atom. The Morgan fingerprint density at radius 3 is 2.55 bits per heavy atom. The van der Waals surface area contributed by atoms with Crippen molar-refractivity contribution >= 4 is 11.7 Å². The fraction of sp³-hybridized carbons (Fsp3) is 0.333. The number of nitrogens with zero attached hydrogens (tertiary/aromatic N) is 2. The Morgan fingerprint density at radius 2 is 1.83 bits per heavy atom. The fourth-order valence-corrected chi connectivity index (χ4v) is 4.17. The van der Waals surface area contributed by atoms with Crippen LogP contribution < -0.4 is 10.1 Å². The van der Waals surface area contributed by atoms with Crippen LogP contribution in [0.5, 0.6) is 5.75 Å². The van der Waals surface area contributed by atoms with Gasteiger partial charge in [0.25, 0.3) is 0 Å². The quantitative estimate of drug-likeness (QED) is 0.660. The van der Waals surface area contributed by atoms with Gasteiger partial charge < -0.3 is 10.1 Å². The first-order valence-corrected chi connectivity index (χ1v) is 10.3. The van der Waals surface area contributed by atoms with Crippen molar-refractivity contribution in [2.45, 2.75) is 38.0 Å². The van der Waals surface area contributed by atoms with Crippen LogP contribution >= 0.6 is 0 Å². The standard InChI is InChI=1S/C24H25N3O2/c1-15-22(16-12-13-16)26-27(17-8-4-3-5-9-17)23(15)25-24(28)20-14-19(20)18-10-6-7-11-21(18)29-2/h3-11,16,19-20H,12-14H2,1-2H3,(H,25,28)/t19-,20-/m1/s1. The number of para-hydroxylation sites is 2. The summed E-state index contributed by atoms with van der Waals surface area (Å²) in [4.78, 5) is 13.1. The topological polar surface area (TPSA) is 56.1 Å². The number of anilines is 1. The molecule has 2 aliphatic rings. The molecule has 1 amide bonds. The molecule has 148 valence electrons. The second kappa shape index (κ2) is 7.07. The summed E-state index contributed by atoms with van der Waals surface area (Å²) in [6.45, 7) is 2.07. The summed E-state index contributed by atoms with van der Waals surface area (Å²) in [5, 5.41) is 8.06. The predicted molar refractivity (Wildman–Crippen MR) is 113 cm³/mol. The van der Waals surface area contributed by atoms with Crippen LogP contribution in [0.25, 0.3) is 5.69 Å². The Hall–Kier alpha value is -3.08. The molecule has 0 bridgehead atoms. The van der Waals surface area contributed by atoms with Gasteiger partial charge in [0.2, 0.25) is 5.91 Å². The van der Waals surface area contributed by atoms with Gasteiger partial charge in [0.15, 0.2) is 0 Å². The van der Waals surface area contributed by atoms with Crippen molar-refractivity contribution in [1.82, 2.24) is 9.78 Å². The van der Waals surface area contributed by atoms with Gasteiger partial charge in [-0.2, -0.15) is 5.10 Å². The van der Waals surface area contributed by atoms with E-state index in [4.69, 9.17) is 9.84 Å². The first kappa shape index (κ1) is 18.0. The maximum absolute atomic E-state index is 13.1. The zero-order chi connectivity index (χ0) is 20.0. The summed E-state index contributed by atoms with van der Waals surface area (Å²) in [6, 6.07) is 18.0. The zero-order valence-corrected chi connectivity index (χ0v) is 16.8. The van der Waals surface area contributed by atoms with Crippen molar-refractivity contribution in [3.05, 3.63) is 71.4 Å². The number of hydrogen-bond donors (Lipinski definition) is 1. The van der Waals surface area contributed by atoms with Gasteiger partial charge in [0.1, 0.15) is 11.6 Å². The lowest BCUT2D eigenvalue weighted by Gasteiger charge is -2.11. The molecule has 2 saturated carbocycles. The molecule has 2 aliphatic carbocycles. The highest BCUT2D eigenvalue weighted by molar-refractivity contribution is 5.95. The van der Waals surface area contributed by atoms with Gasteiger partial charge in [-0.1, -0.05) is 36.4 Å². The SMILES string of the molecule is COc1ccccc1[C@H]1C[C@H]1C(=O)Nc1c(C)c(C2CC2)nn1-c1ccccc1. The van der Waals surface area contributed by atoms with E-state index in [1.165, 1.54) is 12.8 Å². The number of rotatable bonds is 6. The van der Waals surface area contributed by atoms with Crippen LogP contribution in [0.1, 0.15) is 47.9 Å². The second-order valence-electron chi connectivity index (χ2n) is 8.06. The third-order valence-electron chi connectivity index (χ3n) is 6.03. The first-order chi connectivity index (χ1) is 14.2. The molecule has 0 unspecified atom stereocenters. The number of amides is 1. The normalized spacial score (nSPS) is 20.3. The lowest BCUT2D eigenvalue weighted by molar-refractivity contribution is -0.117. The molecule has 2 aromatic carbocycles. The average molecular weight is 387 g/mol. The molecule has 1 N–H and O–H groups in total. The highest BCUT2D eigenvalue weighted by Crippen LogP contribution is 2.51. The molecule has 1 aromatic heterocycles. The number of benzene rings is 2. The highest BCUT2D eigenvalue weighted by atomic mass is 16.5. The summed E-state index contributed by atoms with van der Waals surface area (Å²) in [6.07, 6.45) is 3.21. The van der Waals surface area contributed by atoms with Gasteiger partial charge in [0.05, 0.1) is 18.5 Å². The number of ether oxygens (including phenoxy) is 1. The molecule has 0 spiro atoms. The van der Waals surface area contributed by atoms with E-state index in [-0.39, 0.29) is 17.7 Å². The molecule has 5 heteroatoms. The molecule has 0 saturated heterocycles. The molecule has 5 rings (SSSR count). The molecule has 2 atom stereocenters. The highest BCUT2D eigenvalue weighted by Gasteiger charge is 2.45. The summed E-state index contributed by atoms with van der Waals surface area (Å²) in [7, 11) is 1.68. The van der Waals surface area contributed by atoms with Gasteiger partial charge in [-0.3, -0.25) is 4.79 Å². The van der Waals surface area contributed by atoms with E-state index in [1.54, 1.807) is 7.11 Å². The predicted octanol–water partition coefficient (Wildman–Crippen LogP) is 4.81. The maximum atomic E-state index is 13.1. The Balaban J connectivity index is 1.41. The van der Waals surface area contributed by atoms with Gasteiger partial charge in [0, 0.05) is 17.4 Å². The maximum Gasteiger partial charge on any atom is 0.229 e. The van der Waals surface area contributed by atoms with Gasteiger partial charge in [-0.05, 0) is 55.9 Å². The Kier molecular flexibility index (Phi) is 4.38. The van der Waals surface area contributed by atoms with E-state index in [2.05, 4.69) is 18.3 Å². The van der Waals surface area contributed by atoms with E-state index in [0.29, 0.717) is 5.92 Å². The molecule has 5 nitrogen and oxygen atoms in total. The van der Waals surface area contributed by atoms with Crippen molar-refractivity contribution in [1.29, 1.82) is 0 Å². The monoisotopic (exact) mass is 387 g/mol. The van der Waals surface area contributed by atoms with Crippen LogP contribution in [-0.2, 0) is 4.79 Å². The zero-order valence-electron chi connectivity index (χ0n) is 16.8. The van der Waals surface area contributed by atoms with Crippen molar-refractivity contribution in [3.8, 4) is 11.4 Å². The summed E-state index contributed by atoms with van der Waals surface area (Å²) >= 11 is 0. The van der Waals surface area contributed by atoms with Gasteiger partial charge >= 0.3 is 0 Å². The summed E-state index contributed by atoms with van der Waals surface area (Å²) < 4.78 is 7.37. The average Bonchev–Trinajstić information content (AvgIpc) is 3.68. The number of carbonyl (C=O) groups is 1. The lowest BCUT2D eigenvalue weighted by Crippen LogP contribution is -2.18. The number of carbonyl (C=O) groups excluding carboxylic acids is 1. The minimum atomic E-state index is -0.0331. The Labute approximate surface area is 170 Å². The van der Waals surface area contributed by atoms with E-state index in [0.717, 1.165) is 40.5 Å². The largest absolute Gasteiger partial charge is 0.496 e. The van der Waals surface area contributed by atoms with E-state index in [1.807, 2.05) is 53.2 Å². The number of methoxy groups -OCH3 is 1. The van der Waals surface area contributed by atoms with Crippen LogP contribution in [0.3, 0.4) is 0 Å². The van der Waals surface area contributed by atoms with Crippen LogP contribution in [0.2, 0.25) is 0 Å². The van der Waals surface area contributed by atoms with Gasteiger partial charge in [-0.15, -0.1) is 0 Å². The third kappa shape index (κ3) is 3.31. The molecule has 29 heavy (non-hydrogen) atoms. The fourth-order valence-electron chi connectivity index (χ4n) is 4.17. The van der Waals surface area contributed by atoms with E-state index in [9.17, 15) is 4.79 Å². The molecule has 2 fully saturated rings. The van der Waals surface area contributed by atoms with Crippen molar-refractivity contribution in [2.24, 2.45) is 5.92 Å². The molecular weight excluding hydrogens is 362 g/mol. The minimum absolute atomic E-state index is 0.0331. The number of hydrogen-bond acceptors (Lipinski definition) is 3. The molecule has 1 heterocycles. The Bertz CT molecular complexity index is 1050. The van der Waals surface area contributed by atoms with Crippen LogP contribution in [0.15, 0.2) is 54.6 Å². The molecular formula is C24H25N3O2. The minimum Gasteiger partial charge on any atom is -0.496 e. The van der Waals surface area contributed by atoms with E-state index >= 15 is 0 Å². The van der Waals surface area contributed by atoms with Crippen molar-refractivity contribution in [2.75, 3.05) is 12.4 Å². The number of nitrogens with one attached hydrogen (secondary N) is 1. The lowest BCUT2D eigenvalue weighted by atomic mass is 10.1. The second-order valence-corrected chi connectivity index (χ2v) is 8.06. The molecule has 0 aliphatic heterocycles. The van der Waals surface area contributed by atoms with Crippen LogP contribution in [0.4, 0.5) is 5.82 Å².